The summed E-state index contributed by atoms with van der Waals surface area (Å²) in [5.74, 6) is -0.857. The normalized spacial score (nSPS) is 20.3. The fourth-order valence-corrected chi connectivity index (χ4v) is 14.7. The lowest BCUT2D eigenvalue weighted by Gasteiger charge is -2.34. The Labute approximate surface area is 567 Å². The number of anilines is 4. The maximum Gasteiger partial charge on any atom is 0.508 e. The average molecular weight is 1410 g/mol. The molecule has 12 heterocycles. The number of amides is 2. The highest BCUT2D eigenvalue weighted by Gasteiger charge is 2.43. The Morgan fingerprint density at radius 3 is 1.43 bits per heavy atom. The molecule has 4 aliphatic rings. The van der Waals surface area contributed by atoms with E-state index >= 15 is 0 Å². The summed E-state index contributed by atoms with van der Waals surface area (Å²) in [6.07, 6.45) is 8.55. The molecule has 2 fully saturated rings. The number of nitrogens with one attached hydrogen (secondary N) is 4. The molecular formula is C68H78BBrF2N14O8S2. The van der Waals surface area contributed by atoms with Crippen LogP contribution in [0, 0.1) is 23.7 Å². The smallest absolute Gasteiger partial charge is 0.422 e. The van der Waals surface area contributed by atoms with Crippen molar-refractivity contribution in [2.24, 2.45) is 11.8 Å². The van der Waals surface area contributed by atoms with Gasteiger partial charge in [0, 0.05) is 36.6 Å². The molecule has 12 rings (SSSR count). The van der Waals surface area contributed by atoms with Gasteiger partial charge in [-0.3, -0.25) is 19.6 Å². The van der Waals surface area contributed by atoms with E-state index in [2.05, 4.69) is 152 Å². The van der Waals surface area contributed by atoms with Gasteiger partial charge in [0.2, 0.25) is 11.9 Å². The van der Waals surface area contributed by atoms with Gasteiger partial charge in [0.05, 0.1) is 51.6 Å². The molecule has 0 aromatic carbocycles. The summed E-state index contributed by atoms with van der Waals surface area (Å²) < 4.78 is 84.9. The van der Waals surface area contributed by atoms with Crippen molar-refractivity contribution in [1.29, 1.82) is 0 Å². The van der Waals surface area contributed by atoms with Crippen molar-refractivity contribution in [3.8, 4) is 11.4 Å². The van der Waals surface area contributed by atoms with Crippen molar-refractivity contribution in [3.63, 3.8) is 0 Å². The van der Waals surface area contributed by atoms with Gasteiger partial charge in [-0.1, -0.05) is 65.8 Å². The summed E-state index contributed by atoms with van der Waals surface area (Å²) in [6, 6.07) is 31.8. The van der Waals surface area contributed by atoms with Crippen LogP contribution in [0.2, 0.25) is 0 Å². The third-order valence-corrected chi connectivity index (χ3v) is 20.4. The molecule has 0 aliphatic carbocycles. The molecule has 28 heteroatoms. The monoisotopic (exact) mass is 1410 g/mol. The van der Waals surface area contributed by atoms with E-state index in [4.69, 9.17) is 25.0 Å². The van der Waals surface area contributed by atoms with Crippen LogP contribution >= 0.6 is 15.9 Å². The highest BCUT2D eigenvalue weighted by Crippen LogP contribution is 2.44. The lowest BCUT2D eigenvalue weighted by Crippen LogP contribution is -2.41. The van der Waals surface area contributed by atoms with Crippen LogP contribution < -0.4 is 35.5 Å². The Hall–Kier alpha value is -8.44. The molecule has 2 amide bonds. The number of aromatic nitrogens is 8. The molecule has 8 aromatic heterocycles. The molecule has 2 saturated heterocycles. The van der Waals surface area contributed by atoms with Crippen molar-refractivity contribution < 1.29 is 45.3 Å². The third-order valence-electron chi connectivity index (χ3n) is 17.4. The number of sulfonamides is 2. The van der Waals surface area contributed by atoms with E-state index in [1.54, 1.807) is 54.6 Å². The average Bonchev–Trinajstić information content (AvgIpc) is 1.54. The number of hydrogen-bond donors (Lipinski definition) is 6. The van der Waals surface area contributed by atoms with Crippen molar-refractivity contribution >= 4 is 83.8 Å². The second kappa shape index (κ2) is 28.0. The second-order valence-corrected chi connectivity index (χ2v) is 31.8. The molecular weight excluding hydrogens is 1330 g/mol. The molecule has 504 valence electrons. The summed E-state index contributed by atoms with van der Waals surface area (Å²) in [5, 5.41) is 23.3. The predicted molar refractivity (Wildman–Crippen MR) is 367 cm³/mol. The highest BCUT2D eigenvalue weighted by molar-refractivity contribution is 9.10. The Morgan fingerprint density at radius 2 is 0.979 bits per heavy atom. The summed E-state index contributed by atoms with van der Waals surface area (Å²) >= 11 is 3.43. The molecule has 0 radical (unpaired) electrons. The van der Waals surface area contributed by atoms with Gasteiger partial charge >= 0.3 is 7.12 Å². The molecule has 4 aliphatic heterocycles. The number of halogens is 3. The molecule has 4 atom stereocenters. The van der Waals surface area contributed by atoms with Crippen LogP contribution in [0.3, 0.4) is 0 Å². The second-order valence-electron chi connectivity index (χ2n) is 27.7. The number of rotatable bonds is 4. The van der Waals surface area contributed by atoms with Crippen LogP contribution in [0.5, 0.6) is 0 Å². The first kappa shape index (κ1) is 70.4. The quantitative estimate of drug-likeness (QED) is 0.0705. The van der Waals surface area contributed by atoms with Gasteiger partial charge < -0.3 is 30.5 Å². The maximum atomic E-state index is 14.0. The first-order valence-electron chi connectivity index (χ1n) is 31.5. The number of nitrogens with zero attached hydrogens (tertiary/aromatic N) is 10. The minimum atomic E-state index is -4.36. The Morgan fingerprint density at radius 1 is 0.542 bits per heavy atom. The van der Waals surface area contributed by atoms with Gasteiger partial charge in [-0.25, -0.2) is 39.3 Å². The molecule has 6 N–H and O–H groups in total. The van der Waals surface area contributed by atoms with Crippen molar-refractivity contribution in [2.75, 3.05) is 33.5 Å². The zero-order valence-electron chi connectivity index (χ0n) is 55.0. The van der Waals surface area contributed by atoms with Gasteiger partial charge in [-0.2, -0.15) is 25.6 Å². The van der Waals surface area contributed by atoms with Crippen LogP contribution in [0.15, 0.2) is 148 Å². The zero-order valence-corrected chi connectivity index (χ0v) is 58.2. The van der Waals surface area contributed by atoms with Crippen LogP contribution in [-0.2, 0) is 30.9 Å². The van der Waals surface area contributed by atoms with Crippen LogP contribution in [0.1, 0.15) is 163 Å². The topological polar surface area (TPSA) is 301 Å². The van der Waals surface area contributed by atoms with Crippen LogP contribution in [-0.4, -0.2) is 110 Å². The third kappa shape index (κ3) is 16.7. The lowest BCUT2D eigenvalue weighted by atomic mass is 9.86. The van der Waals surface area contributed by atoms with Crippen LogP contribution in [0.25, 0.3) is 11.4 Å². The van der Waals surface area contributed by atoms with E-state index in [1.165, 1.54) is 42.0 Å². The van der Waals surface area contributed by atoms with Crippen LogP contribution in [0.4, 0.5) is 32.1 Å². The molecule has 0 saturated carbocycles. The van der Waals surface area contributed by atoms with Gasteiger partial charge in [0.1, 0.15) is 27.9 Å². The van der Waals surface area contributed by atoms with E-state index in [1.807, 2.05) is 24.5 Å². The van der Waals surface area contributed by atoms with Crippen molar-refractivity contribution in [3.05, 3.63) is 184 Å². The SMILES string of the molecule is CC(C)(C)c1ccnc([C@H]2CC[C@@H]3CN(c4nc(-c5cccc(F)n5)ccc4C(=O)NS(=O)(=O)c4cccc(n4)N2)C(C)(C)C3)c1.CC(C)(C)c1ccnc([C@H]2CC[C@@H]3CN(c4nc(Br)ccc4C(=O)NS(=O)(=O)c4cccc(n4)N2)C(C)(C)C3)c1.OB(O)c1cccc(F)n1. The standard InChI is InChI=1S/C34H38FN7O3S.C29H35BrN6O3S.C5H5BFNO2/c1-33(2,3)22-16-17-36-27(18-22)26-14-12-21-19-34(4,5)42(20-21)31-23(13-15-25(39-31)24-8-6-9-28(35)37-24)32(43)41-46(44,45)30-11-7-10-29(38-26)40-30;1-28(2,3)19-13-14-31-22(15-19)21-11-9-18-16-29(4,5)36(17-18)26-20(10-12-23(30)33-26)27(37)35-40(38,39)25-8-6-7-24(32-21)34-25;7-5-3-1-2-4(8-5)6(9)10/h6-11,13,15-18,21,26H,12,14,19-20H2,1-5H3,(H,38,40)(H,41,43);6-8,10,12-15,18,21H,9,11,16-17H2,1-5H3,(H,32,34)(H,35,37);1-3,9-10H/t21-,26+;18-,21+;/m00./s1. The van der Waals surface area contributed by atoms with Gasteiger partial charge in [0.25, 0.3) is 31.9 Å². The number of carbonyl (C=O) groups excluding carboxylic acids is 2. The Kier molecular flexibility index (Phi) is 20.5. The minimum absolute atomic E-state index is 0.0490. The molecule has 96 heavy (non-hydrogen) atoms. The molecule has 0 unspecified atom stereocenters. The zero-order chi connectivity index (χ0) is 69.3. The van der Waals surface area contributed by atoms with Gasteiger partial charge in [-0.15, -0.1) is 0 Å². The van der Waals surface area contributed by atoms with E-state index in [0.717, 1.165) is 55.1 Å². The first-order valence-corrected chi connectivity index (χ1v) is 35.3. The number of pyridine rings is 8. The minimum Gasteiger partial charge on any atom is -0.422 e. The largest absolute Gasteiger partial charge is 0.508 e. The Balaban J connectivity index is 0.000000183. The molecule has 8 aromatic rings. The van der Waals surface area contributed by atoms with E-state index in [0.29, 0.717) is 64.7 Å². The van der Waals surface area contributed by atoms with Crippen molar-refractivity contribution in [1.82, 2.24) is 49.3 Å². The van der Waals surface area contributed by atoms with Gasteiger partial charge in [-0.05, 0) is 213 Å². The van der Waals surface area contributed by atoms with E-state index in [9.17, 15) is 35.2 Å². The number of hydrogen-bond acceptors (Lipinski definition) is 20. The number of fused-ring (bicyclic) bond motifs is 12. The summed E-state index contributed by atoms with van der Waals surface area (Å²) in [5.41, 5.74) is 4.07. The summed E-state index contributed by atoms with van der Waals surface area (Å²) in [6.45, 7) is 22.7. The van der Waals surface area contributed by atoms with E-state index < -0.39 is 56.4 Å². The fourth-order valence-electron chi connectivity index (χ4n) is 12.5. The van der Waals surface area contributed by atoms with E-state index in [-0.39, 0.29) is 61.1 Å². The molecule has 22 nitrogen and oxygen atoms in total. The molecule has 0 spiro atoms. The van der Waals surface area contributed by atoms with Gasteiger partial charge in [0.15, 0.2) is 10.1 Å². The van der Waals surface area contributed by atoms with Crippen molar-refractivity contribution in [2.45, 2.75) is 152 Å². The Bertz CT molecular complexity index is 4450. The predicted octanol–water partition coefficient (Wildman–Crippen LogP) is 10.5. The number of carbonyl (C=O) groups is 2. The highest BCUT2D eigenvalue weighted by atomic mass is 79.9. The molecule has 8 bridgehead atoms. The fraction of sp³-hybridized carbons (Fsp3) is 0.382. The first-order chi connectivity index (χ1) is 45.1. The lowest BCUT2D eigenvalue weighted by molar-refractivity contribution is 0.0972. The summed E-state index contributed by atoms with van der Waals surface area (Å²) in [7, 11) is -10.3. The maximum absolute atomic E-state index is 14.0. The summed E-state index contributed by atoms with van der Waals surface area (Å²) in [4.78, 5) is 66.1.